The highest BCUT2D eigenvalue weighted by Crippen LogP contribution is 2.35. The molecule has 2 rings (SSSR count). The quantitative estimate of drug-likeness (QED) is 0.926. The molecule has 0 saturated carbocycles. The van der Waals surface area contributed by atoms with Crippen LogP contribution in [0.3, 0.4) is 0 Å². The van der Waals surface area contributed by atoms with Crippen molar-refractivity contribution in [3.63, 3.8) is 0 Å². The zero-order chi connectivity index (χ0) is 15.6. The first kappa shape index (κ1) is 16.1. The number of carbonyl (C=O) groups is 1. The van der Waals surface area contributed by atoms with Crippen molar-refractivity contribution in [2.24, 2.45) is 11.3 Å². The summed E-state index contributed by atoms with van der Waals surface area (Å²) in [6, 6.07) is 0. The van der Waals surface area contributed by atoms with Crippen molar-refractivity contribution in [2.75, 3.05) is 33.7 Å². The molecule has 1 amide bonds. The van der Waals surface area contributed by atoms with Crippen molar-refractivity contribution in [2.45, 2.75) is 33.6 Å². The number of nitrogens with one attached hydrogen (secondary N) is 1. The average Bonchev–Trinajstić information content (AvgIpc) is 2.83. The van der Waals surface area contributed by atoms with E-state index in [9.17, 15) is 4.79 Å². The fourth-order valence-electron chi connectivity index (χ4n) is 3.65. The largest absolute Gasteiger partial charge is 0.367 e. The minimum atomic E-state index is 0.178. The van der Waals surface area contributed by atoms with E-state index in [-0.39, 0.29) is 5.91 Å². The zero-order valence-corrected chi connectivity index (χ0v) is 14.1. The van der Waals surface area contributed by atoms with E-state index >= 15 is 0 Å². The highest BCUT2D eigenvalue weighted by atomic mass is 16.2. The van der Waals surface area contributed by atoms with Crippen LogP contribution in [0.1, 0.15) is 42.6 Å². The highest BCUT2D eigenvalue weighted by Gasteiger charge is 2.34. The molecule has 0 aliphatic carbocycles. The van der Waals surface area contributed by atoms with Gasteiger partial charge in [0.15, 0.2) is 0 Å². The third kappa shape index (κ3) is 3.67. The summed E-state index contributed by atoms with van der Waals surface area (Å²) in [4.78, 5) is 19.8. The van der Waals surface area contributed by atoms with Gasteiger partial charge < -0.3 is 14.8 Å². The first-order chi connectivity index (χ1) is 9.81. The summed E-state index contributed by atoms with van der Waals surface area (Å²) in [6.45, 7) is 9.55. The van der Waals surface area contributed by atoms with Crippen LogP contribution in [0.2, 0.25) is 0 Å². The molecule has 1 aliphatic rings. The molecule has 1 aromatic rings. The fourth-order valence-corrected chi connectivity index (χ4v) is 3.65. The summed E-state index contributed by atoms with van der Waals surface area (Å²) in [5.41, 5.74) is 2.17. The van der Waals surface area contributed by atoms with Gasteiger partial charge in [-0.05, 0) is 50.8 Å². The van der Waals surface area contributed by atoms with Gasteiger partial charge in [-0.15, -0.1) is 0 Å². The number of amides is 1. The number of aromatic amines is 1. The zero-order valence-electron chi connectivity index (χ0n) is 14.1. The van der Waals surface area contributed by atoms with Crippen LogP contribution in [-0.2, 0) is 0 Å². The van der Waals surface area contributed by atoms with Crippen LogP contribution in [0.25, 0.3) is 0 Å². The van der Waals surface area contributed by atoms with E-state index in [4.69, 9.17) is 0 Å². The molecule has 0 unspecified atom stereocenters. The topological polar surface area (TPSA) is 39.3 Å². The van der Waals surface area contributed by atoms with Crippen molar-refractivity contribution in [3.8, 4) is 0 Å². The molecule has 0 bridgehead atoms. The summed E-state index contributed by atoms with van der Waals surface area (Å²) in [5.74, 6) is 0.869. The normalized spacial score (nSPS) is 17.5. The molecule has 0 spiro atoms. The summed E-state index contributed by atoms with van der Waals surface area (Å²) in [7, 11) is 4.27. The maximum atomic E-state index is 12.5. The lowest BCUT2D eigenvalue weighted by Gasteiger charge is -2.42. The second-order valence-corrected chi connectivity index (χ2v) is 7.34. The van der Waals surface area contributed by atoms with Crippen LogP contribution >= 0.6 is 0 Å². The summed E-state index contributed by atoms with van der Waals surface area (Å²) in [6.07, 6.45) is 5.92. The van der Waals surface area contributed by atoms with Gasteiger partial charge >= 0.3 is 0 Å². The lowest BCUT2D eigenvalue weighted by Crippen LogP contribution is -2.44. The molecule has 1 aromatic heterocycles. The summed E-state index contributed by atoms with van der Waals surface area (Å²) < 4.78 is 0. The van der Waals surface area contributed by atoms with Gasteiger partial charge in [-0.25, -0.2) is 0 Å². The molecule has 4 nitrogen and oxygen atoms in total. The molecular weight excluding hydrogens is 262 g/mol. The minimum Gasteiger partial charge on any atom is -0.367 e. The number of H-pyrrole nitrogens is 1. The van der Waals surface area contributed by atoms with Gasteiger partial charge in [-0.2, -0.15) is 0 Å². The van der Waals surface area contributed by atoms with Crippen molar-refractivity contribution in [3.05, 3.63) is 23.5 Å². The van der Waals surface area contributed by atoms with E-state index in [0.29, 0.717) is 11.3 Å². The molecule has 4 heteroatoms. The Morgan fingerprint density at radius 3 is 2.43 bits per heavy atom. The maximum absolute atomic E-state index is 12.5. The Morgan fingerprint density at radius 2 is 1.95 bits per heavy atom. The molecule has 0 radical (unpaired) electrons. The summed E-state index contributed by atoms with van der Waals surface area (Å²) >= 11 is 0. The van der Waals surface area contributed by atoms with Crippen LogP contribution in [0, 0.1) is 18.3 Å². The van der Waals surface area contributed by atoms with Crippen molar-refractivity contribution >= 4 is 5.91 Å². The molecule has 0 aromatic carbocycles. The van der Waals surface area contributed by atoms with Crippen molar-refractivity contribution < 1.29 is 4.79 Å². The Balaban J connectivity index is 1.94. The second-order valence-electron chi connectivity index (χ2n) is 7.34. The fraction of sp³-hybridized carbons (Fsp3) is 0.706. The van der Waals surface area contributed by atoms with Gasteiger partial charge in [-0.1, -0.05) is 13.8 Å². The van der Waals surface area contributed by atoms with E-state index in [0.717, 1.165) is 43.6 Å². The molecule has 118 valence electrons. The van der Waals surface area contributed by atoms with Crippen molar-refractivity contribution in [1.82, 2.24) is 14.8 Å². The number of aromatic nitrogens is 1. The Bertz CT molecular complexity index is 482. The highest BCUT2D eigenvalue weighted by molar-refractivity contribution is 5.95. The third-order valence-electron chi connectivity index (χ3n) is 4.79. The van der Waals surface area contributed by atoms with Crippen LogP contribution in [0.5, 0.6) is 0 Å². The van der Waals surface area contributed by atoms with Crippen LogP contribution < -0.4 is 0 Å². The number of aryl methyl sites for hydroxylation is 1. The molecule has 0 atom stereocenters. The molecule has 1 fully saturated rings. The standard InChI is InChI=1S/C17H29N3O/c1-13-10-18-11-15(13)16(21)20-8-6-14(7-9-20)17(2,3)12-19(4)5/h10-11,14,18H,6-9,12H2,1-5H3. The number of rotatable bonds is 4. The molecular formula is C17H29N3O. The predicted molar refractivity (Wildman–Crippen MR) is 86.5 cm³/mol. The number of piperidine rings is 1. The Kier molecular flexibility index (Phi) is 4.77. The van der Waals surface area contributed by atoms with Gasteiger partial charge in [0.2, 0.25) is 0 Å². The third-order valence-corrected chi connectivity index (χ3v) is 4.79. The van der Waals surface area contributed by atoms with Gasteiger partial charge in [-0.3, -0.25) is 4.79 Å². The molecule has 1 saturated heterocycles. The van der Waals surface area contributed by atoms with Gasteiger partial charge in [0.1, 0.15) is 0 Å². The Morgan fingerprint density at radius 1 is 1.33 bits per heavy atom. The Labute approximate surface area is 128 Å². The summed E-state index contributed by atoms with van der Waals surface area (Å²) in [5, 5.41) is 0. The SMILES string of the molecule is Cc1c[nH]cc1C(=O)N1CCC(C(C)(C)CN(C)C)CC1. The van der Waals surface area contributed by atoms with Gasteiger partial charge in [0.05, 0.1) is 5.56 Å². The number of likely N-dealkylation sites (tertiary alicyclic amines) is 1. The first-order valence-electron chi connectivity index (χ1n) is 7.88. The van der Waals surface area contributed by atoms with E-state index < -0.39 is 0 Å². The van der Waals surface area contributed by atoms with E-state index in [1.807, 2.05) is 24.2 Å². The Hall–Kier alpha value is -1.29. The van der Waals surface area contributed by atoms with Crippen LogP contribution in [0.15, 0.2) is 12.4 Å². The lowest BCUT2D eigenvalue weighted by atomic mass is 9.73. The lowest BCUT2D eigenvalue weighted by molar-refractivity contribution is 0.0535. The number of nitrogens with zero attached hydrogens (tertiary/aromatic N) is 2. The van der Waals surface area contributed by atoms with E-state index in [2.05, 4.69) is 37.8 Å². The maximum Gasteiger partial charge on any atom is 0.255 e. The molecule has 1 aliphatic heterocycles. The molecule has 2 heterocycles. The second kappa shape index (κ2) is 6.22. The predicted octanol–water partition coefficient (Wildman–Crippen LogP) is 2.76. The van der Waals surface area contributed by atoms with Crippen LogP contribution in [-0.4, -0.2) is 54.4 Å². The van der Waals surface area contributed by atoms with Crippen LogP contribution in [0.4, 0.5) is 0 Å². The number of hydrogen-bond donors (Lipinski definition) is 1. The smallest absolute Gasteiger partial charge is 0.255 e. The monoisotopic (exact) mass is 291 g/mol. The number of hydrogen-bond acceptors (Lipinski definition) is 2. The van der Waals surface area contributed by atoms with E-state index in [1.54, 1.807) is 0 Å². The molecule has 21 heavy (non-hydrogen) atoms. The average molecular weight is 291 g/mol. The first-order valence-corrected chi connectivity index (χ1v) is 7.88. The molecule has 1 N–H and O–H groups in total. The van der Waals surface area contributed by atoms with Gasteiger partial charge in [0, 0.05) is 32.0 Å². The number of carbonyl (C=O) groups excluding carboxylic acids is 1. The van der Waals surface area contributed by atoms with E-state index in [1.165, 1.54) is 0 Å². The van der Waals surface area contributed by atoms with Gasteiger partial charge in [0.25, 0.3) is 5.91 Å². The van der Waals surface area contributed by atoms with Crippen molar-refractivity contribution in [1.29, 1.82) is 0 Å². The minimum absolute atomic E-state index is 0.178.